The minimum Gasteiger partial charge on any atom is -0.462 e. The van der Waals surface area contributed by atoms with Gasteiger partial charge in [-0.05, 0) is 37.6 Å². The molecule has 3 rings (SSSR count). The summed E-state index contributed by atoms with van der Waals surface area (Å²) in [6, 6.07) is 5.87. The number of hydrazine groups is 1. The van der Waals surface area contributed by atoms with E-state index in [0.29, 0.717) is 30.5 Å². The van der Waals surface area contributed by atoms with Crippen LogP contribution in [0, 0.1) is 0 Å². The Bertz CT molecular complexity index is 821. The Labute approximate surface area is 152 Å². The Kier molecular flexibility index (Phi) is 5.52. The van der Waals surface area contributed by atoms with E-state index in [9.17, 15) is 4.79 Å². The number of fused-ring (bicyclic) bond motifs is 1. The van der Waals surface area contributed by atoms with E-state index in [2.05, 4.69) is 31.5 Å². The molecule has 136 valence electrons. The lowest BCUT2D eigenvalue weighted by atomic mass is 10.1. The van der Waals surface area contributed by atoms with Crippen LogP contribution in [0.3, 0.4) is 0 Å². The molecule has 0 bridgehead atoms. The average molecular weight is 354 g/mol. The Morgan fingerprint density at radius 2 is 2.19 bits per heavy atom. The summed E-state index contributed by atoms with van der Waals surface area (Å²) >= 11 is 0. The second kappa shape index (κ2) is 8.19. The number of carbonyl (C=O) groups is 1. The first kappa shape index (κ1) is 17.5. The summed E-state index contributed by atoms with van der Waals surface area (Å²) in [5.74, 6) is 0.434. The van der Waals surface area contributed by atoms with Gasteiger partial charge in [0.2, 0.25) is 5.95 Å². The second-order valence-electron chi connectivity index (χ2n) is 5.63. The van der Waals surface area contributed by atoms with Crippen molar-refractivity contribution in [2.45, 2.75) is 20.3 Å². The van der Waals surface area contributed by atoms with Crippen LogP contribution in [0.4, 0.5) is 23.1 Å². The van der Waals surface area contributed by atoms with Gasteiger partial charge in [0.05, 0.1) is 12.3 Å². The number of anilines is 4. The number of carbonyl (C=O) groups excluding carboxylic acids is 1. The summed E-state index contributed by atoms with van der Waals surface area (Å²) in [5.41, 5.74) is 9.21. The fourth-order valence-corrected chi connectivity index (χ4v) is 2.45. The van der Waals surface area contributed by atoms with Gasteiger partial charge >= 0.3 is 5.97 Å². The molecular formula is C18H22N6O2. The molecule has 1 aliphatic rings. The van der Waals surface area contributed by atoms with E-state index < -0.39 is 5.97 Å². The topological polar surface area (TPSA) is 100 Å². The van der Waals surface area contributed by atoms with Crippen LogP contribution in [-0.2, 0) is 4.74 Å². The van der Waals surface area contributed by atoms with Gasteiger partial charge < -0.3 is 26.2 Å². The standard InChI is InChI=1S/C18H22N6O2/c1-3-8-19-16-14(17(25)26-4-2)11-20-18(23-16)22-13-5-6-15-12(10-13)7-9-21-24-15/h5-7,9-11,21,24H,3-4,8H2,1-2H3,(H2,19,20,22,23). The van der Waals surface area contributed by atoms with E-state index in [1.807, 2.05) is 37.4 Å². The lowest BCUT2D eigenvalue weighted by Crippen LogP contribution is -2.18. The minimum absolute atomic E-state index is 0.303. The molecule has 4 N–H and O–H groups in total. The Balaban J connectivity index is 1.83. The lowest BCUT2D eigenvalue weighted by Gasteiger charge is -2.16. The first-order valence-corrected chi connectivity index (χ1v) is 8.58. The van der Waals surface area contributed by atoms with Crippen molar-refractivity contribution in [3.63, 3.8) is 0 Å². The van der Waals surface area contributed by atoms with E-state index >= 15 is 0 Å². The molecule has 1 aliphatic heterocycles. The predicted molar refractivity (Wildman–Crippen MR) is 102 cm³/mol. The van der Waals surface area contributed by atoms with Crippen molar-refractivity contribution in [1.82, 2.24) is 15.4 Å². The summed E-state index contributed by atoms with van der Waals surface area (Å²) in [7, 11) is 0. The summed E-state index contributed by atoms with van der Waals surface area (Å²) in [6.07, 6.45) is 6.18. The van der Waals surface area contributed by atoms with Crippen molar-refractivity contribution in [2.24, 2.45) is 0 Å². The van der Waals surface area contributed by atoms with E-state index in [1.54, 1.807) is 6.92 Å². The van der Waals surface area contributed by atoms with Crippen molar-refractivity contribution in [3.05, 3.63) is 41.7 Å². The first-order chi connectivity index (χ1) is 12.7. The summed E-state index contributed by atoms with van der Waals surface area (Å²) in [4.78, 5) is 20.8. The van der Waals surface area contributed by atoms with Gasteiger partial charge in [-0.25, -0.2) is 9.78 Å². The molecule has 0 saturated carbocycles. The molecule has 2 aromatic rings. The SMILES string of the molecule is CCCNc1nc(Nc2ccc3c(c2)C=CNN3)ncc1C(=O)OCC. The third-order valence-corrected chi connectivity index (χ3v) is 3.69. The second-order valence-corrected chi connectivity index (χ2v) is 5.63. The van der Waals surface area contributed by atoms with Crippen molar-refractivity contribution < 1.29 is 9.53 Å². The number of nitrogens with zero attached hydrogens (tertiary/aromatic N) is 2. The summed E-state index contributed by atoms with van der Waals surface area (Å²) in [6.45, 7) is 4.81. The number of hydrogen-bond acceptors (Lipinski definition) is 8. The molecule has 0 fully saturated rings. The van der Waals surface area contributed by atoms with Crippen molar-refractivity contribution in [3.8, 4) is 0 Å². The zero-order valence-electron chi connectivity index (χ0n) is 14.8. The van der Waals surface area contributed by atoms with Crippen LogP contribution in [0.15, 0.2) is 30.6 Å². The van der Waals surface area contributed by atoms with E-state index in [4.69, 9.17) is 4.74 Å². The maximum atomic E-state index is 12.1. The molecule has 0 unspecified atom stereocenters. The number of aromatic nitrogens is 2. The van der Waals surface area contributed by atoms with Gasteiger partial charge in [0, 0.05) is 30.2 Å². The molecular weight excluding hydrogens is 332 g/mol. The number of hydrogen-bond donors (Lipinski definition) is 4. The molecule has 0 aliphatic carbocycles. The largest absolute Gasteiger partial charge is 0.462 e. The number of ether oxygens (including phenoxy) is 1. The predicted octanol–water partition coefficient (Wildman–Crippen LogP) is 3.12. The quantitative estimate of drug-likeness (QED) is 0.563. The fourth-order valence-electron chi connectivity index (χ4n) is 2.45. The smallest absolute Gasteiger partial charge is 0.343 e. The fraction of sp³-hybridized carbons (Fsp3) is 0.278. The first-order valence-electron chi connectivity index (χ1n) is 8.58. The van der Waals surface area contributed by atoms with Gasteiger partial charge in [0.15, 0.2) is 0 Å². The van der Waals surface area contributed by atoms with Gasteiger partial charge in [-0.15, -0.1) is 0 Å². The third kappa shape index (κ3) is 4.02. The number of rotatable bonds is 7. The zero-order valence-corrected chi connectivity index (χ0v) is 14.8. The van der Waals surface area contributed by atoms with Crippen LogP contribution in [0.2, 0.25) is 0 Å². The molecule has 26 heavy (non-hydrogen) atoms. The number of esters is 1. The molecule has 2 heterocycles. The van der Waals surface area contributed by atoms with Crippen LogP contribution in [0.5, 0.6) is 0 Å². The van der Waals surface area contributed by atoms with Crippen molar-refractivity contribution in [2.75, 3.05) is 29.2 Å². The summed E-state index contributed by atoms with van der Waals surface area (Å²) in [5, 5.41) is 6.33. The molecule has 0 spiro atoms. The van der Waals surface area contributed by atoms with Crippen LogP contribution in [-0.4, -0.2) is 29.1 Å². The normalized spacial score (nSPS) is 11.8. The maximum Gasteiger partial charge on any atom is 0.343 e. The van der Waals surface area contributed by atoms with Gasteiger partial charge in [0.25, 0.3) is 0 Å². The van der Waals surface area contributed by atoms with E-state index in [0.717, 1.165) is 23.4 Å². The Morgan fingerprint density at radius 1 is 1.31 bits per heavy atom. The van der Waals surface area contributed by atoms with Gasteiger partial charge in [-0.1, -0.05) is 6.92 Å². The molecule has 8 heteroatoms. The van der Waals surface area contributed by atoms with Gasteiger partial charge in [-0.2, -0.15) is 4.98 Å². The molecule has 8 nitrogen and oxygen atoms in total. The number of benzene rings is 1. The highest BCUT2D eigenvalue weighted by molar-refractivity contribution is 5.94. The highest BCUT2D eigenvalue weighted by Gasteiger charge is 2.16. The lowest BCUT2D eigenvalue weighted by molar-refractivity contribution is 0.0526. The van der Waals surface area contributed by atoms with Crippen molar-refractivity contribution >= 4 is 35.2 Å². The average Bonchev–Trinajstić information content (AvgIpc) is 2.66. The molecule has 1 aromatic carbocycles. The monoisotopic (exact) mass is 354 g/mol. The van der Waals surface area contributed by atoms with Crippen molar-refractivity contribution in [1.29, 1.82) is 0 Å². The van der Waals surface area contributed by atoms with Crippen LogP contribution in [0.1, 0.15) is 36.2 Å². The van der Waals surface area contributed by atoms with Crippen LogP contribution >= 0.6 is 0 Å². The van der Waals surface area contributed by atoms with Crippen LogP contribution < -0.4 is 21.5 Å². The highest BCUT2D eigenvalue weighted by atomic mass is 16.5. The molecule has 0 atom stereocenters. The Hall–Kier alpha value is -3.29. The summed E-state index contributed by atoms with van der Waals surface area (Å²) < 4.78 is 5.07. The molecule has 0 radical (unpaired) electrons. The van der Waals surface area contributed by atoms with Gasteiger partial charge in [-0.3, -0.25) is 0 Å². The minimum atomic E-state index is -0.435. The molecule has 1 aromatic heterocycles. The van der Waals surface area contributed by atoms with Gasteiger partial charge in [0.1, 0.15) is 11.4 Å². The Morgan fingerprint density at radius 3 is 3.00 bits per heavy atom. The zero-order chi connectivity index (χ0) is 18.4. The third-order valence-electron chi connectivity index (χ3n) is 3.69. The van der Waals surface area contributed by atoms with Crippen LogP contribution in [0.25, 0.3) is 6.08 Å². The van der Waals surface area contributed by atoms with E-state index in [-0.39, 0.29) is 0 Å². The molecule has 0 saturated heterocycles. The highest BCUT2D eigenvalue weighted by Crippen LogP contribution is 2.25. The number of nitrogens with one attached hydrogen (secondary N) is 4. The van der Waals surface area contributed by atoms with E-state index in [1.165, 1.54) is 6.20 Å². The molecule has 0 amide bonds. The maximum absolute atomic E-state index is 12.1.